The Morgan fingerprint density at radius 1 is 1.77 bits per heavy atom. The van der Waals surface area contributed by atoms with Crippen LogP contribution in [0.25, 0.3) is 0 Å². The number of methoxy groups -OCH3 is 1. The van der Waals surface area contributed by atoms with E-state index in [0.29, 0.717) is 19.3 Å². The lowest BCUT2D eigenvalue weighted by Crippen LogP contribution is -2.11. The third-order valence-electron chi connectivity index (χ3n) is 2.15. The molecule has 0 aromatic rings. The smallest absolute Gasteiger partial charge is 0.308 e. The van der Waals surface area contributed by atoms with Gasteiger partial charge in [-0.2, -0.15) is 0 Å². The molecular weight excluding hydrogens is 174 g/mol. The van der Waals surface area contributed by atoms with E-state index in [9.17, 15) is 14.9 Å². The summed E-state index contributed by atoms with van der Waals surface area (Å²) in [7, 11) is 1.33. The lowest BCUT2D eigenvalue weighted by Gasteiger charge is -2.03. The molecule has 0 heterocycles. The molecule has 0 amide bonds. The summed E-state index contributed by atoms with van der Waals surface area (Å²) in [5.74, 6) is -0.456. The highest BCUT2D eigenvalue weighted by Crippen LogP contribution is 2.30. The molecule has 0 aromatic heterocycles. The number of nitro groups is 1. The highest BCUT2D eigenvalue weighted by Gasteiger charge is 2.28. The van der Waals surface area contributed by atoms with Gasteiger partial charge in [0.25, 0.3) is 0 Å². The molecule has 1 aliphatic carbocycles. The van der Waals surface area contributed by atoms with E-state index in [2.05, 4.69) is 4.74 Å². The summed E-state index contributed by atoms with van der Waals surface area (Å²) < 4.78 is 4.55. The molecule has 1 unspecified atom stereocenters. The van der Waals surface area contributed by atoms with Crippen LogP contribution in [-0.4, -0.2) is 18.0 Å². The molecule has 72 valence electrons. The lowest BCUT2D eigenvalue weighted by atomic mass is 10.1. The highest BCUT2D eigenvalue weighted by atomic mass is 16.6. The molecule has 0 aromatic carbocycles. The number of hydrogen-bond acceptors (Lipinski definition) is 4. The van der Waals surface area contributed by atoms with Crippen molar-refractivity contribution in [2.45, 2.75) is 19.3 Å². The highest BCUT2D eigenvalue weighted by molar-refractivity contribution is 5.73. The van der Waals surface area contributed by atoms with Crippen molar-refractivity contribution in [1.29, 1.82) is 0 Å². The van der Waals surface area contributed by atoms with Gasteiger partial charge in [0.15, 0.2) is 0 Å². The zero-order valence-electron chi connectivity index (χ0n) is 7.36. The Bertz CT molecular complexity index is 259. The van der Waals surface area contributed by atoms with Crippen LogP contribution in [0.2, 0.25) is 0 Å². The third-order valence-corrected chi connectivity index (χ3v) is 2.15. The van der Waals surface area contributed by atoms with E-state index in [4.69, 9.17) is 0 Å². The predicted molar refractivity (Wildman–Crippen MR) is 44.4 cm³/mol. The number of carbonyl (C=O) groups is 1. The Balaban J connectivity index is 2.54. The van der Waals surface area contributed by atoms with Gasteiger partial charge >= 0.3 is 5.97 Å². The largest absolute Gasteiger partial charge is 0.469 e. The maximum absolute atomic E-state index is 11.0. The van der Waals surface area contributed by atoms with Crippen molar-refractivity contribution >= 4 is 5.97 Å². The lowest BCUT2D eigenvalue weighted by molar-refractivity contribution is -0.403. The van der Waals surface area contributed by atoms with Crippen LogP contribution in [0, 0.1) is 16.0 Å². The van der Waals surface area contributed by atoms with E-state index in [1.54, 1.807) is 0 Å². The number of allylic oxidation sites excluding steroid dienone is 1. The van der Waals surface area contributed by atoms with Gasteiger partial charge in [-0.3, -0.25) is 14.9 Å². The minimum Gasteiger partial charge on any atom is -0.469 e. The van der Waals surface area contributed by atoms with Crippen LogP contribution >= 0.6 is 0 Å². The van der Waals surface area contributed by atoms with Crippen molar-refractivity contribution in [1.82, 2.24) is 0 Å². The second-order valence-corrected chi connectivity index (χ2v) is 3.04. The van der Waals surface area contributed by atoms with Gasteiger partial charge in [-0.25, -0.2) is 0 Å². The van der Waals surface area contributed by atoms with Crippen molar-refractivity contribution in [2.24, 2.45) is 5.92 Å². The molecule has 5 heteroatoms. The van der Waals surface area contributed by atoms with Gasteiger partial charge in [-0.15, -0.1) is 0 Å². The van der Waals surface area contributed by atoms with E-state index < -0.39 is 4.92 Å². The monoisotopic (exact) mass is 185 g/mol. The van der Waals surface area contributed by atoms with Crippen molar-refractivity contribution in [2.75, 3.05) is 7.11 Å². The Labute approximate surface area is 75.5 Å². The zero-order chi connectivity index (χ0) is 9.84. The summed E-state index contributed by atoms with van der Waals surface area (Å²) in [6.07, 6.45) is 2.74. The normalized spacial score (nSPS) is 24.7. The molecule has 1 saturated carbocycles. The molecule has 0 saturated heterocycles. The molecule has 1 rings (SSSR count). The van der Waals surface area contributed by atoms with Crippen LogP contribution in [0.4, 0.5) is 0 Å². The van der Waals surface area contributed by atoms with Crippen LogP contribution < -0.4 is 0 Å². The fourth-order valence-electron chi connectivity index (χ4n) is 1.51. The van der Waals surface area contributed by atoms with Crippen LogP contribution in [0.15, 0.2) is 11.8 Å². The number of nitrogens with zero attached hydrogens (tertiary/aromatic N) is 1. The van der Waals surface area contributed by atoms with Crippen LogP contribution in [0.1, 0.15) is 19.3 Å². The van der Waals surface area contributed by atoms with Gasteiger partial charge in [0.2, 0.25) is 6.20 Å². The molecule has 0 radical (unpaired) electrons. The molecular formula is C8H11NO4. The molecule has 1 atom stereocenters. The van der Waals surface area contributed by atoms with E-state index >= 15 is 0 Å². The number of ether oxygens (including phenoxy) is 1. The first kappa shape index (κ1) is 9.70. The topological polar surface area (TPSA) is 69.4 Å². The van der Waals surface area contributed by atoms with Gasteiger partial charge in [0.1, 0.15) is 0 Å². The maximum atomic E-state index is 11.0. The number of esters is 1. The first-order valence-electron chi connectivity index (χ1n) is 4.04. The minimum atomic E-state index is -0.477. The molecule has 13 heavy (non-hydrogen) atoms. The Hall–Kier alpha value is -1.39. The fraction of sp³-hybridized carbons (Fsp3) is 0.625. The van der Waals surface area contributed by atoms with Gasteiger partial charge in [0, 0.05) is 5.57 Å². The number of hydrogen-bond donors (Lipinski definition) is 0. The minimum absolute atomic E-state index is 0.184. The average molecular weight is 185 g/mol. The van der Waals surface area contributed by atoms with Crippen molar-refractivity contribution in [3.8, 4) is 0 Å². The van der Waals surface area contributed by atoms with Gasteiger partial charge in [0.05, 0.1) is 18.0 Å². The fourth-order valence-corrected chi connectivity index (χ4v) is 1.51. The maximum Gasteiger partial charge on any atom is 0.308 e. The first-order valence-corrected chi connectivity index (χ1v) is 4.04. The molecule has 0 aliphatic heterocycles. The zero-order valence-corrected chi connectivity index (χ0v) is 7.36. The summed E-state index contributed by atoms with van der Waals surface area (Å²) in [5, 5.41) is 10.1. The molecule has 1 aliphatic rings. The Kier molecular flexibility index (Phi) is 3.00. The van der Waals surface area contributed by atoms with E-state index in [-0.39, 0.29) is 11.9 Å². The summed E-state index contributed by atoms with van der Waals surface area (Å²) in [6, 6.07) is 0. The van der Waals surface area contributed by atoms with E-state index in [1.165, 1.54) is 7.11 Å². The van der Waals surface area contributed by atoms with Crippen molar-refractivity contribution in [3.05, 3.63) is 21.9 Å². The SMILES string of the molecule is COC(=O)C1CC/C(=C\[N+](=O)[O-])C1. The number of rotatable bonds is 2. The average Bonchev–Trinajstić information content (AvgIpc) is 2.50. The molecule has 5 nitrogen and oxygen atoms in total. The second-order valence-electron chi connectivity index (χ2n) is 3.04. The van der Waals surface area contributed by atoms with Gasteiger partial charge in [-0.05, 0) is 19.3 Å². The first-order chi connectivity index (χ1) is 6.13. The third kappa shape index (κ3) is 2.54. The molecule has 0 N–H and O–H groups in total. The number of carbonyl (C=O) groups excluding carboxylic acids is 1. The van der Waals surface area contributed by atoms with Gasteiger partial charge < -0.3 is 4.74 Å². The van der Waals surface area contributed by atoms with Crippen LogP contribution in [-0.2, 0) is 9.53 Å². The summed E-state index contributed by atoms with van der Waals surface area (Å²) in [5.41, 5.74) is 0.723. The van der Waals surface area contributed by atoms with Gasteiger partial charge in [-0.1, -0.05) is 0 Å². The summed E-state index contributed by atoms with van der Waals surface area (Å²) in [4.78, 5) is 20.7. The Morgan fingerprint density at radius 2 is 2.46 bits per heavy atom. The van der Waals surface area contributed by atoms with E-state index in [1.807, 2.05) is 0 Å². The standard InChI is InChI=1S/C8H11NO4/c1-13-8(10)7-3-2-6(4-7)5-9(11)12/h5,7H,2-4H2,1H3/b6-5+. The molecule has 0 bridgehead atoms. The van der Waals surface area contributed by atoms with Crippen molar-refractivity contribution < 1.29 is 14.5 Å². The molecule has 1 fully saturated rings. The van der Waals surface area contributed by atoms with Crippen molar-refractivity contribution in [3.63, 3.8) is 0 Å². The summed E-state index contributed by atoms with van der Waals surface area (Å²) >= 11 is 0. The van der Waals surface area contributed by atoms with Crippen LogP contribution in [0.3, 0.4) is 0 Å². The summed E-state index contributed by atoms with van der Waals surface area (Å²) in [6.45, 7) is 0. The second kappa shape index (κ2) is 4.02. The quantitative estimate of drug-likeness (QED) is 0.367. The molecule has 0 spiro atoms. The van der Waals surface area contributed by atoms with E-state index in [0.717, 1.165) is 11.8 Å². The Morgan fingerprint density at radius 3 is 3.00 bits per heavy atom. The predicted octanol–water partition coefficient (Wildman–Crippen LogP) is 1.12. The van der Waals surface area contributed by atoms with Crippen LogP contribution in [0.5, 0.6) is 0 Å².